The van der Waals surface area contributed by atoms with Crippen LogP contribution in [-0.2, 0) is 4.79 Å². The molecule has 1 aromatic carbocycles. The molecule has 0 bridgehead atoms. The molecule has 2 fully saturated rings. The molecule has 1 aromatic rings. The maximum Gasteiger partial charge on any atom is 0.228 e. The summed E-state index contributed by atoms with van der Waals surface area (Å²) < 4.78 is 0. The lowest BCUT2D eigenvalue weighted by Gasteiger charge is -2.23. The van der Waals surface area contributed by atoms with E-state index in [9.17, 15) is 4.79 Å². The van der Waals surface area contributed by atoms with Gasteiger partial charge in [-0.25, -0.2) is 0 Å². The maximum absolute atomic E-state index is 12.6. The minimum Gasteiger partial charge on any atom is -0.326 e. The Labute approximate surface area is 144 Å². The van der Waals surface area contributed by atoms with Crippen molar-refractivity contribution < 1.29 is 4.79 Å². The molecule has 1 saturated heterocycles. The smallest absolute Gasteiger partial charge is 0.228 e. The average molecular weight is 333 g/mol. The van der Waals surface area contributed by atoms with Crippen molar-refractivity contribution >= 4 is 23.4 Å². The Kier molecular flexibility index (Phi) is 5.02. The van der Waals surface area contributed by atoms with Crippen molar-refractivity contribution in [3.8, 4) is 0 Å². The van der Waals surface area contributed by atoms with Crippen LogP contribution in [-0.4, -0.2) is 24.2 Å². The van der Waals surface area contributed by atoms with Gasteiger partial charge < -0.3 is 10.6 Å². The number of carbonyl (C=O) groups excluding carboxylic acids is 1. The summed E-state index contributed by atoms with van der Waals surface area (Å²) in [5.74, 6) is 0.440. The van der Waals surface area contributed by atoms with E-state index in [0.717, 1.165) is 43.6 Å². The van der Waals surface area contributed by atoms with Crippen molar-refractivity contribution in [1.29, 1.82) is 0 Å². The number of aryl methyl sites for hydroxylation is 1. The fraction of sp³-hybridized carbons (Fsp3) is 0.632. The van der Waals surface area contributed by atoms with Gasteiger partial charge in [0.05, 0.1) is 0 Å². The van der Waals surface area contributed by atoms with E-state index in [4.69, 9.17) is 0 Å². The molecule has 2 N–H and O–H groups in total. The highest BCUT2D eigenvalue weighted by atomic mass is 32.2. The number of nitrogens with one attached hydrogen (secondary N) is 2. The normalized spacial score (nSPS) is 23.5. The van der Waals surface area contributed by atoms with Crippen LogP contribution in [0.3, 0.4) is 0 Å². The zero-order chi connectivity index (χ0) is 16.4. The number of thioether (sulfide) groups is 1. The van der Waals surface area contributed by atoms with Crippen molar-refractivity contribution in [2.24, 2.45) is 11.3 Å². The number of amides is 1. The van der Waals surface area contributed by atoms with Crippen molar-refractivity contribution in [3.63, 3.8) is 0 Å². The van der Waals surface area contributed by atoms with Crippen LogP contribution in [0.4, 0.5) is 5.69 Å². The van der Waals surface area contributed by atoms with E-state index in [1.54, 1.807) is 0 Å². The summed E-state index contributed by atoms with van der Waals surface area (Å²) in [6.45, 7) is 8.67. The van der Waals surface area contributed by atoms with Gasteiger partial charge in [-0.3, -0.25) is 4.79 Å². The van der Waals surface area contributed by atoms with Crippen LogP contribution in [0.25, 0.3) is 0 Å². The molecular weight excluding hydrogens is 304 g/mol. The van der Waals surface area contributed by atoms with E-state index >= 15 is 0 Å². The van der Waals surface area contributed by atoms with Gasteiger partial charge in [0.25, 0.3) is 0 Å². The van der Waals surface area contributed by atoms with E-state index in [2.05, 4.69) is 49.6 Å². The van der Waals surface area contributed by atoms with Crippen molar-refractivity contribution in [1.82, 2.24) is 5.32 Å². The highest BCUT2D eigenvalue weighted by molar-refractivity contribution is 7.99. The second-order valence-electron chi connectivity index (χ2n) is 7.17. The molecule has 1 amide bonds. The van der Waals surface area contributed by atoms with Gasteiger partial charge in [0.1, 0.15) is 0 Å². The molecule has 1 spiro atoms. The third-order valence-electron chi connectivity index (χ3n) is 5.47. The molecule has 3 rings (SSSR count). The third kappa shape index (κ3) is 3.74. The number of rotatable bonds is 5. The van der Waals surface area contributed by atoms with Gasteiger partial charge in [-0.2, -0.15) is 0 Å². The monoisotopic (exact) mass is 332 g/mol. The molecule has 3 nitrogen and oxygen atoms in total. The van der Waals surface area contributed by atoms with Crippen LogP contribution >= 0.6 is 11.8 Å². The number of hydrogen-bond donors (Lipinski definition) is 2. The second-order valence-corrected chi connectivity index (χ2v) is 8.68. The maximum atomic E-state index is 12.6. The molecule has 0 radical (unpaired) electrons. The van der Waals surface area contributed by atoms with Crippen LogP contribution in [0.15, 0.2) is 23.1 Å². The summed E-state index contributed by atoms with van der Waals surface area (Å²) in [6, 6.07) is 6.39. The van der Waals surface area contributed by atoms with Crippen LogP contribution in [0, 0.1) is 18.3 Å². The first-order chi connectivity index (χ1) is 11.0. The molecule has 1 heterocycles. The summed E-state index contributed by atoms with van der Waals surface area (Å²) in [5.41, 5.74) is 2.43. The molecule has 2 aliphatic rings. The highest BCUT2D eigenvalue weighted by Gasteiger charge is 2.57. The van der Waals surface area contributed by atoms with Gasteiger partial charge in [-0.1, -0.05) is 13.8 Å². The Morgan fingerprint density at radius 2 is 2.17 bits per heavy atom. The highest BCUT2D eigenvalue weighted by Crippen LogP contribution is 2.58. The molecule has 4 heteroatoms. The summed E-state index contributed by atoms with van der Waals surface area (Å²) in [4.78, 5) is 13.9. The Hall–Kier alpha value is -1.00. The summed E-state index contributed by atoms with van der Waals surface area (Å²) in [5, 5.41) is 7.19. The lowest BCUT2D eigenvalue weighted by atomic mass is 9.91. The van der Waals surface area contributed by atoms with Crippen LogP contribution < -0.4 is 10.6 Å². The standard InChI is InChI=1S/C19H28N2OS/c1-4-14(3)23-15-5-6-17(13(2)11-15)21-18(22)16-12-19(16)7-9-20-10-8-19/h5-6,11,14,16,20H,4,7-10,12H2,1-3H3,(H,21,22). The molecular formula is C19H28N2OS. The van der Waals surface area contributed by atoms with Crippen LogP contribution in [0.2, 0.25) is 0 Å². The zero-order valence-corrected chi connectivity index (χ0v) is 15.3. The summed E-state index contributed by atoms with van der Waals surface area (Å²) in [6.07, 6.45) is 4.53. The predicted molar refractivity (Wildman–Crippen MR) is 98.1 cm³/mol. The SMILES string of the molecule is CCC(C)Sc1ccc(NC(=O)C2CC23CCNCC3)c(C)c1. The van der Waals surface area contributed by atoms with Gasteiger partial charge in [0, 0.05) is 21.8 Å². The van der Waals surface area contributed by atoms with E-state index in [1.165, 1.54) is 11.3 Å². The van der Waals surface area contributed by atoms with Gasteiger partial charge in [-0.05, 0) is 74.9 Å². The van der Waals surface area contributed by atoms with Crippen molar-refractivity contribution in [2.75, 3.05) is 18.4 Å². The number of carbonyl (C=O) groups is 1. The first-order valence-electron chi connectivity index (χ1n) is 8.83. The molecule has 1 aliphatic carbocycles. The first kappa shape index (κ1) is 16.8. The zero-order valence-electron chi connectivity index (χ0n) is 14.4. The van der Waals surface area contributed by atoms with E-state index in [1.807, 2.05) is 11.8 Å². The quantitative estimate of drug-likeness (QED) is 0.794. The Balaban J connectivity index is 1.61. The van der Waals surface area contributed by atoms with Gasteiger partial charge >= 0.3 is 0 Å². The lowest BCUT2D eigenvalue weighted by Crippen LogP contribution is -2.31. The minimum atomic E-state index is 0.220. The van der Waals surface area contributed by atoms with Crippen molar-refractivity contribution in [3.05, 3.63) is 23.8 Å². The number of piperidine rings is 1. The van der Waals surface area contributed by atoms with Gasteiger partial charge in [0.2, 0.25) is 5.91 Å². The molecule has 1 aliphatic heterocycles. The van der Waals surface area contributed by atoms with Gasteiger partial charge in [0.15, 0.2) is 0 Å². The Bertz CT molecular complexity index is 581. The summed E-state index contributed by atoms with van der Waals surface area (Å²) in [7, 11) is 0. The molecule has 0 aromatic heterocycles. The minimum absolute atomic E-state index is 0.220. The molecule has 2 unspecified atom stereocenters. The number of hydrogen-bond acceptors (Lipinski definition) is 3. The largest absolute Gasteiger partial charge is 0.326 e. The first-order valence-corrected chi connectivity index (χ1v) is 9.71. The average Bonchev–Trinajstić information content (AvgIpc) is 3.23. The second kappa shape index (κ2) is 6.86. The van der Waals surface area contributed by atoms with E-state index in [-0.39, 0.29) is 11.8 Å². The molecule has 1 saturated carbocycles. The molecule has 23 heavy (non-hydrogen) atoms. The van der Waals surface area contributed by atoms with Gasteiger partial charge in [-0.15, -0.1) is 11.8 Å². The topological polar surface area (TPSA) is 41.1 Å². The van der Waals surface area contributed by atoms with E-state index in [0.29, 0.717) is 10.7 Å². The number of benzene rings is 1. The third-order valence-corrected chi connectivity index (χ3v) is 6.74. The Morgan fingerprint density at radius 3 is 2.83 bits per heavy atom. The summed E-state index contributed by atoms with van der Waals surface area (Å²) >= 11 is 1.90. The predicted octanol–water partition coefficient (Wildman–Crippen LogP) is 4.21. The molecule has 2 atom stereocenters. The van der Waals surface area contributed by atoms with Crippen LogP contribution in [0.5, 0.6) is 0 Å². The van der Waals surface area contributed by atoms with Crippen LogP contribution in [0.1, 0.15) is 45.1 Å². The fourth-order valence-electron chi connectivity index (χ4n) is 3.58. The number of anilines is 1. The Morgan fingerprint density at radius 1 is 1.43 bits per heavy atom. The lowest BCUT2D eigenvalue weighted by molar-refractivity contribution is -0.118. The van der Waals surface area contributed by atoms with E-state index < -0.39 is 0 Å². The fourth-order valence-corrected chi connectivity index (χ4v) is 4.60. The molecule has 126 valence electrons. The van der Waals surface area contributed by atoms with Crippen molar-refractivity contribution in [2.45, 2.75) is 56.6 Å².